The second-order valence-electron chi connectivity index (χ2n) is 6.22. The van der Waals surface area contributed by atoms with E-state index in [0.717, 1.165) is 22.3 Å². The fraction of sp³-hybridized carbons (Fsp3) is 0.150. The Hall–Kier alpha value is -2.92. The molecule has 0 amide bonds. The van der Waals surface area contributed by atoms with Gasteiger partial charge in [-0.25, -0.2) is 9.36 Å². The van der Waals surface area contributed by atoms with Crippen LogP contribution in [0.1, 0.15) is 24.2 Å². The van der Waals surface area contributed by atoms with Crippen molar-refractivity contribution >= 4 is 22.5 Å². The number of rotatable bonds is 3. The van der Waals surface area contributed by atoms with E-state index in [9.17, 15) is 4.79 Å². The van der Waals surface area contributed by atoms with Crippen molar-refractivity contribution in [1.29, 1.82) is 0 Å². The van der Waals surface area contributed by atoms with Crippen LogP contribution >= 0.6 is 11.6 Å². The molecule has 2 aromatic carbocycles. The number of nitrogens with zero attached hydrogens (tertiary/aromatic N) is 4. The first kappa shape index (κ1) is 16.5. The molecular weight excluding hydrogens is 348 g/mol. The van der Waals surface area contributed by atoms with Crippen molar-refractivity contribution in [3.05, 3.63) is 87.4 Å². The fourth-order valence-corrected chi connectivity index (χ4v) is 3.31. The number of aryl methyl sites for hydroxylation is 1. The molecule has 0 saturated heterocycles. The zero-order chi connectivity index (χ0) is 18.3. The summed E-state index contributed by atoms with van der Waals surface area (Å²) >= 11 is 6.11. The normalized spacial score (nSPS) is 12.4. The second-order valence-corrected chi connectivity index (χ2v) is 6.66. The Labute approximate surface area is 155 Å². The van der Waals surface area contributed by atoms with Crippen molar-refractivity contribution in [2.45, 2.75) is 19.9 Å². The monoisotopic (exact) mass is 364 g/mol. The minimum atomic E-state index is -0.186. The Morgan fingerprint density at radius 2 is 1.85 bits per heavy atom. The summed E-state index contributed by atoms with van der Waals surface area (Å²) in [5.74, 6) is 0. The van der Waals surface area contributed by atoms with Crippen LogP contribution in [0.5, 0.6) is 0 Å². The number of hydrogen-bond acceptors (Lipinski definition) is 3. The van der Waals surface area contributed by atoms with Crippen molar-refractivity contribution in [2.24, 2.45) is 0 Å². The molecule has 0 fully saturated rings. The molecule has 5 nitrogen and oxygen atoms in total. The number of fused-ring (bicyclic) bond motifs is 1. The highest BCUT2D eigenvalue weighted by Crippen LogP contribution is 2.21. The largest absolute Gasteiger partial charge is 0.293 e. The maximum atomic E-state index is 13.2. The summed E-state index contributed by atoms with van der Waals surface area (Å²) in [6, 6.07) is 17.0. The zero-order valence-electron chi connectivity index (χ0n) is 14.4. The van der Waals surface area contributed by atoms with Crippen molar-refractivity contribution in [1.82, 2.24) is 19.6 Å². The molecule has 4 aromatic rings. The fourth-order valence-electron chi connectivity index (χ4n) is 3.13. The van der Waals surface area contributed by atoms with Crippen LogP contribution in [-0.2, 0) is 0 Å². The van der Waals surface area contributed by atoms with Gasteiger partial charge in [0.2, 0.25) is 0 Å². The second kappa shape index (κ2) is 6.42. The van der Waals surface area contributed by atoms with Crippen molar-refractivity contribution in [3.8, 4) is 5.69 Å². The average Bonchev–Trinajstić information content (AvgIpc) is 3.11. The summed E-state index contributed by atoms with van der Waals surface area (Å²) < 4.78 is 3.15. The lowest BCUT2D eigenvalue weighted by Crippen LogP contribution is -2.28. The minimum Gasteiger partial charge on any atom is -0.265 e. The highest BCUT2D eigenvalue weighted by Gasteiger charge is 2.18. The Bertz CT molecular complexity index is 1150. The Balaban J connectivity index is 1.96. The number of hydrogen-bond donors (Lipinski definition) is 0. The molecule has 0 N–H and O–H groups in total. The molecule has 0 spiro atoms. The van der Waals surface area contributed by atoms with Crippen LogP contribution in [0.2, 0.25) is 5.02 Å². The molecule has 0 aliphatic carbocycles. The molecule has 130 valence electrons. The standard InChI is InChI=1S/C20H17ClN4O/c1-13-18-12-22-25(17-10-6-9-16(21)11-17)19(18)20(26)24(23-13)14(2)15-7-4-3-5-8-15/h3-12,14H,1-2H3. The van der Waals surface area contributed by atoms with E-state index in [1.807, 2.05) is 56.3 Å². The Morgan fingerprint density at radius 3 is 2.58 bits per heavy atom. The number of halogens is 1. The van der Waals surface area contributed by atoms with E-state index in [0.29, 0.717) is 10.5 Å². The molecular formula is C20H17ClN4O. The first-order valence-electron chi connectivity index (χ1n) is 8.34. The predicted octanol–water partition coefficient (Wildman–Crippen LogP) is 4.15. The molecule has 0 aliphatic rings. The zero-order valence-corrected chi connectivity index (χ0v) is 15.2. The van der Waals surface area contributed by atoms with E-state index in [1.54, 1.807) is 23.0 Å². The highest BCUT2D eigenvalue weighted by molar-refractivity contribution is 6.30. The van der Waals surface area contributed by atoms with Crippen LogP contribution in [0.4, 0.5) is 0 Å². The average molecular weight is 365 g/mol. The minimum absolute atomic E-state index is 0.181. The van der Waals surface area contributed by atoms with Crippen LogP contribution < -0.4 is 5.56 Å². The summed E-state index contributed by atoms with van der Waals surface area (Å²) in [5.41, 5.74) is 2.85. The lowest BCUT2D eigenvalue weighted by molar-refractivity contribution is 0.530. The molecule has 4 rings (SSSR count). The summed E-state index contributed by atoms with van der Waals surface area (Å²) in [6.45, 7) is 3.86. The maximum Gasteiger partial charge on any atom is 0.293 e. The molecule has 2 heterocycles. The van der Waals surface area contributed by atoms with E-state index in [1.165, 1.54) is 4.68 Å². The lowest BCUT2D eigenvalue weighted by Gasteiger charge is -2.15. The molecule has 2 aromatic heterocycles. The van der Waals surface area contributed by atoms with Gasteiger partial charge in [-0.1, -0.05) is 48.0 Å². The topological polar surface area (TPSA) is 52.7 Å². The van der Waals surface area contributed by atoms with Gasteiger partial charge in [0.25, 0.3) is 5.56 Å². The first-order chi connectivity index (χ1) is 12.6. The van der Waals surface area contributed by atoms with E-state index in [4.69, 9.17) is 11.6 Å². The smallest absolute Gasteiger partial charge is 0.265 e. The van der Waals surface area contributed by atoms with E-state index >= 15 is 0 Å². The van der Waals surface area contributed by atoms with Gasteiger partial charge in [0.15, 0.2) is 0 Å². The van der Waals surface area contributed by atoms with E-state index in [-0.39, 0.29) is 11.6 Å². The molecule has 26 heavy (non-hydrogen) atoms. The van der Waals surface area contributed by atoms with Gasteiger partial charge in [0, 0.05) is 10.4 Å². The number of benzene rings is 2. The van der Waals surface area contributed by atoms with Crippen molar-refractivity contribution < 1.29 is 0 Å². The van der Waals surface area contributed by atoms with Gasteiger partial charge in [-0.2, -0.15) is 10.2 Å². The van der Waals surface area contributed by atoms with Gasteiger partial charge < -0.3 is 0 Å². The Morgan fingerprint density at radius 1 is 1.08 bits per heavy atom. The van der Waals surface area contributed by atoms with E-state index < -0.39 is 0 Å². The highest BCUT2D eigenvalue weighted by atomic mass is 35.5. The van der Waals surface area contributed by atoms with Gasteiger partial charge in [-0.3, -0.25) is 4.79 Å². The summed E-state index contributed by atoms with van der Waals surface area (Å²) in [6.07, 6.45) is 1.68. The number of aromatic nitrogens is 4. The summed E-state index contributed by atoms with van der Waals surface area (Å²) in [4.78, 5) is 13.2. The third-order valence-corrected chi connectivity index (χ3v) is 4.76. The summed E-state index contributed by atoms with van der Waals surface area (Å²) in [7, 11) is 0. The van der Waals surface area contributed by atoms with E-state index in [2.05, 4.69) is 10.2 Å². The maximum absolute atomic E-state index is 13.2. The van der Waals surface area contributed by atoms with Crippen LogP contribution in [0.15, 0.2) is 65.6 Å². The van der Waals surface area contributed by atoms with Crippen LogP contribution in [0, 0.1) is 6.92 Å². The summed E-state index contributed by atoms with van der Waals surface area (Å²) in [5, 5.41) is 10.3. The van der Waals surface area contributed by atoms with Gasteiger partial charge in [0.05, 0.1) is 23.6 Å². The van der Waals surface area contributed by atoms with Gasteiger partial charge in [0.1, 0.15) is 5.52 Å². The third kappa shape index (κ3) is 2.70. The van der Waals surface area contributed by atoms with Gasteiger partial charge in [-0.15, -0.1) is 0 Å². The first-order valence-corrected chi connectivity index (χ1v) is 8.72. The molecule has 1 atom stereocenters. The molecule has 1 unspecified atom stereocenters. The predicted molar refractivity (Wildman–Crippen MR) is 103 cm³/mol. The molecule has 0 aliphatic heterocycles. The molecule has 0 saturated carbocycles. The van der Waals surface area contributed by atoms with Crippen LogP contribution in [0.25, 0.3) is 16.6 Å². The SMILES string of the molecule is Cc1nn(C(C)c2ccccc2)c(=O)c2c1cnn2-c1cccc(Cl)c1. The lowest BCUT2D eigenvalue weighted by atomic mass is 10.1. The molecule has 0 radical (unpaired) electrons. The van der Waals surface area contributed by atoms with Crippen LogP contribution in [0.3, 0.4) is 0 Å². The van der Waals surface area contributed by atoms with Crippen molar-refractivity contribution in [3.63, 3.8) is 0 Å². The third-order valence-electron chi connectivity index (χ3n) is 4.53. The Kier molecular flexibility index (Phi) is 4.09. The molecule has 0 bridgehead atoms. The van der Waals surface area contributed by atoms with Gasteiger partial charge >= 0.3 is 0 Å². The quantitative estimate of drug-likeness (QED) is 0.548. The van der Waals surface area contributed by atoms with Gasteiger partial charge in [-0.05, 0) is 37.6 Å². The molecule has 6 heteroatoms. The van der Waals surface area contributed by atoms with Crippen molar-refractivity contribution in [2.75, 3.05) is 0 Å². The van der Waals surface area contributed by atoms with Crippen LogP contribution in [-0.4, -0.2) is 19.6 Å².